The van der Waals surface area contributed by atoms with Crippen LogP contribution in [0.1, 0.15) is 30.8 Å². The van der Waals surface area contributed by atoms with Crippen LogP contribution in [0.15, 0.2) is 34.8 Å². The van der Waals surface area contributed by atoms with Gasteiger partial charge < -0.3 is 0 Å². The standard InChI is InChI=1S/C15H19BrN2S/c1-3-13-15(16)14(18(4-2)17-13)11-19-10-12-8-6-5-7-9-12/h5-9H,3-4,10-11H2,1-2H3. The van der Waals surface area contributed by atoms with E-state index in [4.69, 9.17) is 0 Å². The van der Waals surface area contributed by atoms with Gasteiger partial charge >= 0.3 is 0 Å². The van der Waals surface area contributed by atoms with Gasteiger partial charge in [0, 0.05) is 18.1 Å². The van der Waals surface area contributed by atoms with Gasteiger partial charge in [0.1, 0.15) is 0 Å². The molecule has 102 valence electrons. The van der Waals surface area contributed by atoms with Gasteiger partial charge in [-0.2, -0.15) is 16.9 Å². The molecule has 19 heavy (non-hydrogen) atoms. The van der Waals surface area contributed by atoms with Crippen LogP contribution in [0.4, 0.5) is 0 Å². The summed E-state index contributed by atoms with van der Waals surface area (Å²) in [5, 5.41) is 4.63. The van der Waals surface area contributed by atoms with Crippen molar-refractivity contribution in [3.63, 3.8) is 0 Å². The molecule has 4 heteroatoms. The number of halogens is 1. The van der Waals surface area contributed by atoms with Crippen LogP contribution in [0.2, 0.25) is 0 Å². The molecule has 0 bridgehead atoms. The number of thioether (sulfide) groups is 1. The van der Waals surface area contributed by atoms with Gasteiger partial charge in [-0.15, -0.1) is 0 Å². The molecule has 0 aliphatic rings. The largest absolute Gasteiger partial charge is 0.268 e. The Morgan fingerprint density at radius 1 is 1.16 bits per heavy atom. The number of aryl methyl sites for hydroxylation is 2. The van der Waals surface area contributed by atoms with Crippen LogP contribution in [-0.2, 0) is 24.5 Å². The van der Waals surface area contributed by atoms with E-state index in [0.717, 1.165) is 30.2 Å². The number of hydrogen-bond donors (Lipinski definition) is 0. The quantitative estimate of drug-likeness (QED) is 0.762. The van der Waals surface area contributed by atoms with E-state index in [0.29, 0.717) is 0 Å². The molecule has 0 spiro atoms. The van der Waals surface area contributed by atoms with E-state index >= 15 is 0 Å². The van der Waals surface area contributed by atoms with E-state index in [9.17, 15) is 0 Å². The second-order valence-electron chi connectivity index (χ2n) is 4.36. The fourth-order valence-corrected chi connectivity index (χ4v) is 3.90. The van der Waals surface area contributed by atoms with E-state index in [1.165, 1.54) is 15.7 Å². The third kappa shape index (κ3) is 3.63. The van der Waals surface area contributed by atoms with Gasteiger partial charge in [0.25, 0.3) is 0 Å². The summed E-state index contributed by atoms with van der Waals surface area (Å²) in [4.78, 5) is 0. The first kappa shape index (κ1) is 14.7. The number of benzene rings is 1. The maximum atomic E-state index is 4.63. The van der Waals surface area contributed by atoms with Crippen LogP contribution in [0.25, 0.3) is 0 Å². The molecule has 0 atom stereocenters. The zero-order valence-corrected chi connectivity index (χ0v) is 13.8. The van der Waals surface area contributed by atoms with E-state index in [1.807, 2.05) is 11.8 Å². The molecule has 0 aliphatic heterocycles. The van der Waals surface area contributed by atoms with E-state index in [-0.39, 0.29) is 0 Å². The van der Waals surface area contributed by atoms with Crippen molar-refractivity contribution in [2.75, 3.05) is 0 Å². The Bertz CT molecular complexity index is 522. The number of hydrogen-bond acceptors (Lipinski definition) is 2. The zero-order valence-electron chi connectivity index (χ0n) is 11.4. The molecular formula is C15H19BrN2S. The molecule has 2 nitrogen and oxygen atoms in total. The minimum absolute atomic E-state index is 0.930. The fraction of sp³-hybridized carbons (Fsp3) is 0.400. The van der Waals surface area contributed by atoms with Crippen LogP contribution in [0, 0.1) is 0 Å². The van der Waals surface area contributed by atoms with Crippen molar-refractivity contribution in [1.29, 1.82) is 0 Å². The minimum Gasteiger partial charge on any atom is -0.268 e. The van der Waals surface area contributed by atoms with Crippen LogP contribution in [-0.4, -0.2) is 9.78 Å². The van der Waals surface area contributed by atoms with Crippen molar-refractivity contribution >= 4 is 27.7 Å². The lowest BCUT2D eigenvalue weighted by Gasteiger charge is -2.05. The molecule has 0 fully saturated rings. The SMILES string of the molecule is CCc1nn(CC)c(CSCc2ccccc2)c1Br. The Labute approximate surface area is 127 Å². The van der Waals surface area contributed by atoms with E-state index in [2.05, 4.69) is 69.9 Å². The highest BCUT2D eigenvalue weighted by Gasteiger charge is 2.13. The van der Waals surface area contributed by atoms with Gasteiger partial charge in [-0.3, -0.25) is 4.68 Å². The van der Waals surface area contributed by atoms with E-state index < -0.39 is 0 Å². The highest BCUT2D eigenvalue weighted by molar-refractivity contribution is 9.10. The van der Waals surface area contributed by atoms with Gasteiger partial charge in [0.05, 0.1) is 15.9 Å². The molecule has 2 aromatic rings. The second-order valence-corrected chi connectivity index (χ2v) is 6.13. The molecule has 2 rings (SSSR count). The molecular weight excluding hydrogens is 320 g/mol. The third-order valence-electron chi connectivity index (χ3n) is 3.04. The Morgan fingerprint density at radius 3 is 2.53 bits per heavy atom. The predicted octanol–water partition coefficient (Wildman–Crippen LogP) is 4.66. The molecule has 1 heterocycles. The fourth-order valence-electron chi connectivity index (χ4n) is 1.99. The van der Waals surface area contributed by atoms with Crippen LogP contribution >= 0.6 is 27.7 Å². The number of rotatable bonds is 6. The summed E-state index contributed by atoms with van der Waals surface area (Å²) in [6, 6.07) is 10.6. The Balaban J connectivity index is 2.01. The lowest BCUT2D eigenvalue weighted by Crippen LogP contribution is -2.02. The highest BCUT2D eigenvalue weighted by atomic mass is 79.9. The molecule has 0 amide bonds. The zero-order chi connectivity index (χ0) is 13.7. The summed E-state index contributed by atoms with van der Waals surface area (Å²) < 4.78 is 3.30. The van der Waals surface area contributed by atoms with Crippen LogP contribution < -0.4 is 0 Å². The summed E-state index contributed by atoms with van der Waals surface area (Å²) >= 11 is 5.63. The van der Waals surface area contributed by atoms with Gasteiger partial charge in [0.15, 0.2) is 0 Å². The molecule has 0 saturated carbocycles. The number of aromatic nitrogens is 2. The molecule has 0 N–H and O–H groups in total. The number of nitrogens with zero attached hydrogens (tertiary/aromatic N) is 2. The first-order valence-corrected chi connectivity index (χ1v) is 8.56. The van der Waals surface area contributed by atoms with Crippen molar-refractivity contribution < 1.29 is 0 Å². The lowest BCUT2D eigenvalue weighted by atomic mass is 10.2. The first-order valence-electron chi connectivity index (χ1n) is 6.62. The normalized spacial score (nSPS) is 10.9. The smallest absolute Gasteiger partial charge is 0.0767 e. The summed E-state index contributed by atoms with van der Waals surface area (Å²) in [5.74, 6) is 2.04. The molecule has 1 aromatic carbocycles. The van der Waals surface area contributed by atoms with Crippen molar-refractivity contribution in [2.45, 2.75) is 38.3 Å². The lowest BCUT2D eigenvalue weighted by molar-refractivity contribution is 0.627. The Hall–Kier alpha value is -0.740. The summed E-state index contributed by atoms with van der Waals surface area (Å²) in [7, 11) is 0. The molecule has 0 saturated heterocycles. The van der Waals surface area contributed by atoms with Crippen molar-refractivity contribution in [1.82, 2.24) is 9.78 Å². The monoisotopic (exact) mass is 338 g/mol. The van der Waals surface area contributed by atoms with Crippen molar-refractivity contribution in [3.05, 3.63) is 51.8 Å². The maximum absolute atomic E-state index is 4.63. The average Bonchev–Trinajstić information content (AvgIpc) is 2.76. The first-order chi connectivity index (χ1) is 9.26. The summed E-state index contributed by atoms with van der Waals surface area (Å²) in [6.45, 7) is 5.22. The maximum Gasteiger partial charge on any atom is 0.0767 e. The van der Waals surface area contributed by atoms with Gasteiger partial charge in [-0.1, -0.05) is 37.3 Å². The molecule has 1 aromatic heterocycles. The molecule has 0 unspecified atom stereocenters. The minimum atomic E-state index is 0.930. The topological polar surface area (TPSA) is 17.8 Å². The summed E-state index contributed by atoms with van der Waals surface area (Å²) in [6.07, 6.45) is 0.976. The van der Waals surface area contributed by atoms with Gasteiger partial charge in [-0.05, 0) is 34.8 Å². The average molecular weight is 339 g/mol. The predicted molar refractivity (Wildman–Crippen MR) is 86.4 cm³/mol. The molecule has 0 aliphatic carbocycles. The Morgan fingerprint density at radius 2 is 1.89 bits per heavy atom. The van der Waals surface area contributed by atoms with Crippen molar-refractivity contribution in [2.24, 2.45) is 0 Å². The molecule has 0 radical (unpaired) electrons. The Kier molecular flexibility index (Phi) is 5.52. The highest BCUT2D eigenvalue weighted by Crippen LogP contribution is 2.27. The third-order valence-corrected chi connectivity index (χ3v) is 4.97. The van der Waals surface area contributed by atoms with Crippen LogP contribution in [0.5, 0.6) is 0 Å². The van der Waals surface area contributed by atoms with Gasteiger partial charge in [0.2, 0.25) is 0 Å². The second kappa shape index (κ2) is 7.15. The van der Waals surface area contributed by atoms with Crippen molar-refractivity contribution in [3.8, 4) is 0 Å². The van der Waals surface area contributed by atoms with Gasteiger partial charge in [-0.25, -0.2) is 0 Å². The summed E-state index contributed by atoms with van der Waals surface area (Å²) in [5.41, 5.74) is 3.85. The van der Waals surface area contributed by atoms with Crippen LogP contribution in [0.3, 0.4) is 0 Å². The van der Waals surface area contributed by atoms with E-state index in [1.54, 1.807) is 0 Å².